The number of rotatable bonds is 5. The van der Waals surface area contributed by atoms with Crippen molar-refractivity contribution >= 4 is 27.5 Å². The molecule has 0 atom stereocenters. The summed E-state index contributed by atoms with van der Waals surface area (Å²) in [5.74, 6) is -0.359. The molecule has 0 radical (unpaired) electrons. The highest BCUT2D eigenvalue weighted by molar-refractivity contribution is 7.21. The number of thiazole rings is 1. The van der Waals surface area contributed by atoms with Gasteiger partial charge in [-0.2, -0.15) is 0 Å². The Kier molecular flexibility index (Phi) is 4.14. The summed E-state index contributed by atoms with van der Waals surface area (Å²) in [5, 5.41) is 0.592. The van der Waals surface area contributed by atoms with Crippen molar-refractivity contribution in [1.82, 2.24) is 9.97 Å². The van der Waals surface area contributed by atoms with Crippen LogP contribution in [-0.2, 0) is 16.6 Å². The van der Waals surface area contributed by atoms with Crippen LogP contribution >= 0.6 is 11.3 Å². The van der Waals surface area contributed by atoms with Crippen LogP contribution in [0.3, 0.4) is 0 Å². The third-order valence-electron chi connectivity index (χ3n) is 5.15. The fraction of sp³-hybridized carbons (Fsp3) is 0.125. The molecular weight excluding hydrogens is 383 g/mol. The fourth-order valence-corrected chi connectivity index (χ4v) is 4.57. The Hall–Kier alpha value is -3.18. The van der Waals surface area contributed by atoms with Crippen molar-refractivity contribution in [2.75, 3.05) is 0 Å². The van der Waals surface area contributed by atoms with Gasteiger partial charge in [0.05, 0.1) is 11.1 Å². The second kappa shape index (κ2) is 6.71. The minimum absolute atomic E-state index is 0.00916. The van der Waals surface area contributed by atoms with Crippen molar-refractivity contribution < 1.29 is 9.18 Å². The van der Waals surface area contributed by atoms with Crippen molar-refractivity contribution in [3.63, 3.8) is 0 Å². The minimum atomic E-state index is -0.368. The molecule has 0 aliphatic heterocycles. The van der Waals surface area contributed by atoms with Crippen molar-refractivity contribution in [3.8, 4) is 10.6 Å². The molecule has 0 spiro atoms. The first-order chi connectivity index (χ1) is 14.0. The van der Waals surface area contributed by atoms with Gasteiger partial charge in [0.25, 0.3) is 0 Å². The first-order valence-corrected chi connectivity index (χ1v) is 10.2. The maximum atomic E-state index is 14.6. The van der Waals surface area contributed by atoms with Crippen LogP contribution in [0.25, 0.3) is 20.9 Å². The molecule has 0 fully saturated rings. The molecule has 4 aromatic rings. The molecular formula is C24H17FN2OS. The van der Waals surface area contributed by atoms with E-state index in [4.69, 9.17) is 4.98 Å². The number of carbonyl (C=O) groups excluding carboxylic acids is 1. The minimum Gasteiger partial charge on any atom is -0.300 e. The quantitative estimate of drug-likeness (QED) is 0.416. The van der Waals surface area contributed by atoms with Crippen LogP contribution in [0.1, 0.15) is 23.7 Å². The summed E-state index contributed by atoms with van der Waals surface area (Å²) in [6, 6.07) is 19.1. The molecule has 1 aliphatic carbocycles. The van der Waals surface area contributed by atoms with E-state index in [0.29, 0.717) is 16.1 Å². The Labute approximate surface area is 171 Å². The van der Waals surface area contributed by atoms with E-state index >= 15 is 0 Å². The Morgan fingerprint density at radius 1 is 1.03 bits per heavy atom. The molecule has 0 unspecified atom stereocenters. The zero-order valence-corrected chi connectivity index (χ0v) is 16.5. The Bertz CT molecular complexity index is 1270. The average molecular weight is 400 g/mol. The average Bonchev–Trinajstić information content (AvgIpc) is 3.41. The van der Waals surface area contributed by atoms with Crippen LogP contribution in [0, 0.1) is 5.82 Å². The van der Waals surface area contributed by atoms with E-state index in [2.05, 4.69) is 29.3 Å². The monoisotopic (exact) mass is 400 g/mol. The van der Waals surface area contributed by atoms with Gasteiger partial charge in [-0.1, -0.05) is 59.9 Å². The van der Waals surface area contributed by atoms with Gasteiger partial charge in [-0.05, 0) is 42.3 Å². The number of fused-ring (bicyclic) bond motifs is 1. The standard InChI is InChI=1S/C24H17FN2OS/c1-15(28)13-16-7-8-18(19(25)14-16)22-26-20-9-10-21(27-23(20)29-22)24(11-12-24)17-5-3-2-4-6-17/h2-12,14H,13H2,1H3. The van der Waals surface area contributed by atoms with E-state index in [1.807, 2.05) is 30.3 Å². The molecule has 0 N–H and O–H groups in total. The lowest BCUT2D eigenvalue weighted by molar-refractivity contribution is -0.116. The van der Waals surface area contributed by atoms with Gasteiger partial charge in [0.1, 0.15) is 27.0 Å². The van der Waals surface area contributed by atoms with Crippen LogP contribution < -0.4 is 0 Å². The first kappa shape index (κ1) is 17.9. The van der Waals surface area contributed by atoms with Gasteiger partial charge in [0.2, 0.25) is 0 Å². The van der Waals surface area contributed by atoms with Crippen molar-refractivity contribution in [1.29, 1.82) is 0 Å². The maximum Gasteiger partial charge on any atom is 0.144 e. The van der Waals surface area contributed by atoms with Gasteiger partial charge in [-0.3, -0.25) is 4.79 Å². The number of hydrogen-bond donors (Lipinski definition) is 0. The fourth-order valence-electron chi connectivity index (χ4n) is 3.60. The second-order valence-corrected chi connectivity index (χ2v) is 8.28. The van der Waals surface area contributed by atoms with Gasteiger partial charge in [0.15, 0.2) is 0 Å². The molecule has 0 amide bonds. The second-order valence-electron chi connectivity index (χ2n) is 7.30. The number of allylic oxidation sites excluding steroid dienone is 2. The van der Waals surface area contributed by atoms with Crippen LogP contribution in [0.5, 0.6) is 0 Å². The number of halogens is 1. The Balaban J connectivity index is 1.52. The smallest absolute Gasteiger partial charge is 0.144 e. The predicted molar refractivity (Wildman–Crippen MR) is 114 cm³/mol. The van der Waals surface area contributed by atoms with Crippen LogP contribution in [0.4, 0.5) is 4.39 Å². The lowest BCUT2D eigenvalue weighted by Gasteiger charge is -2.15. The Morgan fingerprint density at radius 2 is 1.83 bits per heavy atom. The third kappa shape index (κ3) is 3.17. The van der Waals surface area contributed by atoms with Crippen molar-refractivity contribution in [3.05, 3.63) is 95.5 Å². The number of benzene rings is 2. The predicted octanol–water partition coefficient (Wildman–Crippen LogP) is 5.48. The SMILES string of the molecule is CC(=O)Cc1ccc(-c2nc3ccc(C4(c5ccccc5)C=C4)nc3s2)c(F)c1. The Morgan fingerprint density at radius 3 is 2.52 bits per heavy atom. The normalized spacial score (nSPS) is 14.3. The molecule has 2 aromatic heterocycles. The highest BCUT2D eigenvalue weighted by Crippen LogP contribution is 2.45. The highest BCUT2D eigenvalue weighted by atomic mass is 32.1. The summed E-state index contributed by atoms with van der Waals surface area (Å²) in [4.78, 5) is 21.5. The lowest BCUT2D eigenvalue weighted by Crippen LogP contribution is -2.12. The number of nitrogens with zero attached hydrogens (tertiary/aromatic N) is 2. The summed E-state index contributed by atoms with van der Waals surface area (Å²) in [5.41, 5.74) is 3.74. The van der Waals surface area contributed by atoms with Crippen LogP contribution in [-0.4, -0.2) is 15.8 Å². The van der Waals surface area contributed by atoms with Crippen molar-refractivity contribution in [2.45, 2.75) is 18.8 Å². The molecule has 3 nitrogen and oxygen atoms in total. The van der Waals surface area contributed by atoms with Gasteiger partial charge >= 0.3 is 0 Å². The zero-order valence-electron chi connectivity index (χ0n) is 15.7. The van der Waals surface area contributed by atoms with E-state index < -0.39 is 0 Å². The lowest BCUT2D eigenvalue weighted by atomic mass is 9.89. The number of hydrogen-bond acceptors (Lipinski definition) is 4. The molecule has 5 rings (SSSR count). The molecule has 2 aromatic carbocycles. The van der Waals surface area contributed by atoms with E-state index in [0.717, 1.165) is 16.0 Å². The van der Waals surface area contributed by atoms with E-state index in [1.165, 1.54) is 29.9 Å². The van der Waals surface area contributed by atoms with Crippen molar-refractivity contribution in [2.24, 2.45) is 0 Å². The van der Waals surface area contributed by atoms with Gasteiger partial charge in [-0.15, -0.1) is 0 Å². The topological polar surface area (TPSA) is 42.9 Å². The number of carbonyl (C=O) groups is 1. The molecule has 142 valence electrons. The van der Waals surface area contributed by atoms with Gasteiger partial charge in [0, 0.05) is 12.0 Å². The van der Waals surface area contributed by atoms with E-state index in [1.54, 1.807) is 12.1 Å². The summed E-state index contributed by atoms with van der Waals surface area (Å²) in [6.07, 6.45) is 4.52. The molecule has 2 heterocycles. The number of ketones is 1. The molecule has 0 saturated carbocycles. The van der Waals surface area contributed by atoms with Gasteiger partial charge < -0.3 is 0 Å². The maximum absolute atomic E-state index is 14.6. The third-order valence-corrected chi connectivity index (χ3v) is 6.15. The largest absolute Gasteiger partial charge is 0.300 e. The number of aromatic nitrogens is 2. The number of Topliss-reactive ketones (excluding diaryl/α,β-unsaturated/α-hetero) is 1. The highest BCUT2D eigenvalue weighted by Gasteiger charge is 2.39. The molecule has 0 bridgehead atoms. The molecule has 29 heavy (non-hydrogen) atoms. The van der Waals surface area contributed by atoms with E-state index in [9.17, 15) is 9.18 Å². The van der Waals surface area contributed by atoms with Crippen LogP contribution in [0.2, 0.25) is 0 Å². The summed E-state index contributed by atoms with van der Waals surface area (Å²) >= 11 is 1.38. The summed E-state index contributed by atoms with van der Waals surface area (Å²) < 4.78 is 14.6. The van der Waals surface area contributed by atoms with E-state index in [-0.39, 0.29) is 23.4 Å². The first-order valence-electron chi connectivity index (χ1n) is 9.37. The number of pyridine rings is 1. The van der Waals surface area contributed by atoms with Gasteiger partial charge in [-0.25, -0.2) is 14.4 Å². The molecule has 1 aliphatic rings. The zero-order chi connectivity index (χ0) is 20.0. The summed E-state index contributed by atoms with van der Waals surface area (Å²) in [6.45, 7) is 1.50. The van der Waals surface area contributed by atoms with Crippen LogP contribution in [0.15, 0.2) is 72.8 Å². The molecule has 5 heteroatoms. The molecule has 0 saturated heterocycles. The summed E-state index contributed by atoms with van der Waals surface area (Å²) in [7, 11) is 0.